The molecule has 0 aliphatic heterocycles. The number of benzene rings is 2. The molecule has 0 saturated heterocycles. The Morgan fingerprint density at radius 1 is 0.857 bits per heavy atom. The molecule has 2 heterocycles. The summed E-state index contributed by atoms with van der Waals surface area (Å²) in [7, 11) is 0. The molecule has 0 bridgehead atoms. The SMILES string of the molecule is Cc1ccc(-c2ncc3ccccc3n2)nc1-c1ccc(OC(F)(F)F)cc1. The molecule has 4 nitrogen and oxygen atoms in total. The molecule has 0 radical (unpaired) electrons. The summed E-state index contributed by atoms with van der Waals surface area (Å²) in [5.74, 6) is 0.208. The highest BCUT2D eigenvalue weighted by molar-refractivity contribution is 5.79. The van der Waals surface area contributed by atoms with E-state index < -0.39 is 6.36 Å². The van der Waals surface area contributed by atoms with E-state index in [9.17, 15) is 13.2 Å². The highest BCUT2D eigenvalue weighted by Gasteiger charge is 2.31. The molecule has 4 rings (SSSR count). The zero-order valence-electron chi connectivity index (χ0n) is 14.7. The topological polar surface area (TPSA) is 47.9 Å². The number of para-hydroxylation sites is 1. The molecule has 140 valence electrons. The van der Waals surface area contributed by atoms with Crippen LogP contribution in [0, 0.1) is 6.92 Å². The van der Waals surface area contributed by atoms with Gasteiger partial charge in [-0.2, -0.15) is 0 Å². The van der Waals surface area contributed by atoms with Gasteiger partial charge >= 0.3 is 6.36 Å². The maximum absolute atomic E-state index is 12.3. The third kappa shape index (κ3) is 3.78. The fourth-order valence-electron chi connectivity index (χ4n) is 2.86. The molecule has 0 unspecified atom stereocenters. The number of halogens is 3. The number of hydrogen-bond acceptors (Lipinski definition) is 4. The molecule has 0 fully saturated rings. The van der Waals surface area contributed by atoms with Crippen LogP contribution in [-0.4, -0.2) is 21.3 Å². The molecule has 0 atom stereocenters. The van der Waals surface area contributed by atoms with Crippen molar-refractivity contribution in [1.29, 1.82) is 0 Å². The van der Waals surface area contributed by atoms with Crippen molar-refractivity contribution < 1.29 is 17.9 Å². The average Bonchev–Trinajstić information content (AvgIpc) is 2.67. The zero-order chi connectivity index (χ0) is 19.7. The van der Waals surface area contributed by atoms with Gasteiger partial charge in [0, 0.05) is 17.1 Å². The van der Waals surface area contributed by atoms with E-state index in [-0.39, 0.29) is 5.75 Å². The third-order valence-corrected chi connectivity index (χ3v) is 4.18. The van der Waals surface area contributed by atoms with Gasteiger partial charge in [0.1, 0.15) is 11.4 Å². The molecule has 28 heavy (non-hydrogen) atoms. The Balaban J connectivity index is 1.70. The molecule has 0 saturated carbocycles. The van der Waals surface area contributed by atoms with E-state index >= 15 is 0 Å². The molecule has 0 amide bonds. The van der Waals surface area contributed by atoms with Crippen LogP contribution < -0.4 is 4.74 Å². The summed E-state index contributed by atoms with van der Waals surface area (Å²) in [5.41, 5.74) is 3.60. The molecule has 0 aliphatic carbocycles. The highest BCUT2D eigenvalue weighted by atomic mass is 19.4. The van der Waals surface area contributed by atoms with Crippen LogP contribution in [0.4, 0.5) is 13.2 Å². The van der Waals surface area contributed by atoms with Crippen LogP contribution in [0.2, 0.25) is 0 Å². The average molecular weight is 381 g/mol. The van der Waals surface area contributed by atoms with Crippen LogP contribution >= 0.6 is 0 Å². The second-order valence-corrected chi connectivity index (χ2v) is 6.19. The molecular weight excluding hydrogens is 367 g/mol. The van der Waals surface area contributed by atoms with Gasteiger partial charge in [-0.1, -0.05) is 24.3 Å². The number of pyridine rings is 1. The van der Waals surface area contributed by atoms with Crippen LogP contribution in [0.5, 0.6) is 5.75 Å². The van der Waals surface area contributed by atoms with Crippen molar-refractivity contribution in [3.8, 4) is 28.5 Å². The lowest BCUT2D eigenvalue weighted by molar-refractivity contribution is -0.274. The summed E-state index contributed by atoms with van der Waals surface area (Å²) in [6.07, 6.45) is -2.98. The lowest BCUT2D eigenvalue weighted by atomic mass is 10.1. The zero-order valence-corrected chi connectivity index (χ0v) is 14.7. The van der Waals surface area contributed by atoms with Gasteiger partial charge in [0.2, 0.25) is 0 Å². The van der Waals surface area contributed by atoms with Gasteiger partial charge in [-0.3, -0.25) is 0 Å². The van der Waals surface area contributed by atoms with Crippen molar-refractivity contribution in [3.05, 3.63) is 72.4 Å². The Kier molecular flexibility index (Phi) is 4.43. The largest absolute Gasteiger partial charge is 0.573 e. The maximum atomic E-state index is 12.3. The Hall–Kier alpha value is -3.48. The van der Waals surface area contributed by atoms with E-state index in [1.807, 2.05) is 43.3 Å². The summed E-state index contributed by atoms with van der Waals surface area (Å²) >= 11 is 0. The fourth-order valence-corrected chi connectivity index (χ4v) is 2.86. The van der Waals surface area contributed by atoms with Crippen molar-refractivity contribution in [2.24, 2.45) is 0 Å². The van der Waals surface area contributed by atoms with Crippen molar-refractivity contribution in [1.82, 2.24) is 15.0 Å². The van der Waals surface area contributed by atoms with Crippen LogP contribution in [0.1, 0.15) is 5.56 Å². The van der Waals surface area contributed by atoms with E-state index in [2.05, 4.69) is 19.7 Å². The van der Waals surface area contributed by atoms with Crippen molar-refractivity contribution in [2.75, 3.05) is 0 Å². The summed E-state index contributed by atoms with van der Waals surface area (Å²) in [6.45, 7) is 1.88. The minimum Gasteiger partial charge on any atom is -0.406 e. The number of fused-ring (bicyclic) bond motifs is 1. The smallest absolute Gasteiger partial charge is 0.406 e. The lowest BCUT2D eigenvalue weighted by Gasteiger charge is -2.11. The molecule has 0 aliphatic rings. The van der Waals surface area contributed by atoms with Gasteiger partial charge < -0.3 is 4.74 Å². The third-order valence-electron chi connectivity index (χ3n) is 4.18. The van der Waals surface area contributed by atoms with E-state index in [4.69, 9.17) is 0 Å². The van der Waals surface area contributed by atoms with Crippen molar-refractivity contribution in [3.63, 3.8) is 0 Å². The van der Waals surface area contributed by atoms with E-state index in [1.165, 1.54) is 12.1 Å². The summed E-state index contributed by atoms with van der Waals surface area (Å²) in [6, 6.07) is 17.0. The molecule has 4 aromatic rings. The van der Waals surface area contributed by atoms with Crippen LogP contribution in [-0.2, 0) is 0 Å². The predicted molar refractivity (Wildman–Crippen MR) is 99.6 cm³/mol. The maximum Gasteiger partial charge on any atom is 0.573 e. The number of alkyl halides is 3. The first-order valence-corrected chi connectivity index (χ1v) is 8.45. The number of hydrogen-bond donors (Lipinski definition) is 0. The van der Waals surface area contributed by atoms with Crippen molar-refractivity contribution in [2.45, 2.75) is 13.3 Å². The van der Waals surface area contributed by atoms with Crippen LogP contribution in [0.25, 0.3) is 33.7 Å². The second-order valence-electron chi connectivity index (χ2n) is 6.19. The molecule has 0 spiro atoms. The Bertz CT molecular complexity index is 1140. The monoisotopic (exact) mass is 381 g/mol. The van der Waals surface area contributed by atoms with Crippen LogP contribution in [0.15, 0.2) is 66.9 Å². The van der Waals surface area contributed by atoms with Crippen LogP contribution in [0.3, 0.4) is 0 Å². The molecule has 2 aromatic heterocycles. The number of ether oxygens (including phenoxy) is 1. The van der Waals surface area contributed by atoms with Gasteiger partial charge in [-0.05, 0) is 48.9 Å². The van der Waals surface area contributed by atoms with Gasteiger partial charge in [-0.15, -0.1) is 13.2 Å². The predicted octanol–water partition coefficient (Wildman–Crippen LogP) is 5.57. The molecule has 7 heteroatoms. The number of nitrogens with zero attached hydrogens (tertiary/aromatic N) is 3. The quantitative estimate of drug-likeness (QED) is 0.466. The Morgan fingerprint density at radius 3 is 2.36 bits per heavy atom. The second kappa shape index (κ2) is 6.92. The summed E-state index contributed by atoms with van der Waals surface area (Å²) in [4.78, 5) is 13.6. The molecule has 2 aromatic carbocycles. The van der Waals surface area contributed by atoms with Gasteiger partial charge in [0.05, 0.1) is 11.2 Å². The van der Waals surface area contributed by atoms with Gasteiger partial charge in [0.15, 0.2) is 5.82 Å². The first-order chi connectivity index (χ1) is 13.4. The minimum absolute atomic E-state index is 0.275. The minimum atomic E-state index is -4.72. The highest BCUT2D eigenvalue weighted by Crippen LogP contribution is 2.28. The van der Waals surface area contributed by atoms with Crippen molar-refractivity contribution >= 4 is 10.9 Å². The van der Waals surface area contributed by atoms with E-state index in [0.717, 1.165) is 16.5 Å². The first kappa shape index (κ1) is 17.9. The van der Waals surface area contributed by atoms with Gasteiger partial charge in [-0.25, -0.2) is 15.0 Å². The van der Waals surface area contributed by atoms with E-state index in [0.29, 0.717) is 22.8 Å². The first-order valence-electron chi connectivity index (χ1n) is 8.45. The molecular formula is C21H14F3N3O. The Morgan fingerprint density at radius 2 is 1.61 bits per heavy atom. The fraction of sp³-hybridized carbons (Fsp3) is 0.0952. The lowest BCUT2D eigenvalue weighted by Crippen LogP contribution is -2.16. The normalized spacial score (nSPS) is 11.6. The Labute approximate surface area is 158 Å². The molecule has 0 N–H and O–H groups in total. The number of aryl methyl sites for hydroxylation is 1. The standard InChI is InChI=1S/C21H14F3N3O/c1-13-6-11-18(20-25-12-15-4-2-3-5-17(15)27-20)26-19(13)14-7-9-16(10-8-14)28-21(22,23)24/h2-12H,1H3. The number of aromatic nitrogens is 3. The summed E-state index contributed by atoms with van der Waals surface area (Å²) < 4.78 is 40.9. The van der Waals surface area contributed by atoms with E-state index in [1.54, 1.807) is 18.3 Å². The number of rotatable bonds is 3. The van der Waals surface area contributed by atoms with Gasteiger partial charge in [0.25, 0.3) is 0 Å². The summed E-state index contributed by atoms with van der Waals surface area (Å²) in [5, 5.41) is 0.929.